The molecule has 90 valence electrons. The lowest BCUT2D eigenvalue weighted by atomic mass is 10.1. The maximum Gasteiger partial charge on any atom is 0.0957 e. The Balaban J connectivity index is 3.40. The van der Waals surface area contributed by atoms with E-state index < -0.39 is 0 Å². The predicted molar refractivity (Wildman–Crippen MR) is 65.3 cm³/mol. The molecule has 0 rings (SSSR count). The summed E-state index contributed by atoms with van der Waals surface area (Å²) in [5.74, 6) is 0.260. The van der Waals surface area contributed by atoms with Crippen molar-refractivity contribution in [3.05, 3.63) is 0 Å². The van der Waals surface area contributed by atoms with Crippen LogP contribution in [0.5, 0.6) is 0 Å². The number of nitrogens with two attached hydrogens (primary N) is 1. The molecule has 0 aromatic heterocycles. The Morgan fingerprint density at radius 2 is 1.93 bits per heavy atom. The van der Waals surface area contributed by atoms with E-state index in [1.807, 2.05) is 6.92 Å². The van der Waals surface area contributed by atoms with Gasteiger partial charge < -0.3 is 10.5 Å². The summed E-state index contributed by atoms with van der Waals surface area (Å²) in [4.78, 5) is 0. The lowest BCUT2D eigenvalue weighted by Gasteiger charge is -2.16. The SMILES string of the molecule is CCCCCCC(C)OCC(C)C(=N)N. The predicted octanol–water partition coefficient (Wildman–Crippen LogP) is 2.93. The summed E-state index contributed by atoms with van der Waals surface area (Å²) in [6.07, 6.45) is 6.54. The first-order valence-corrected chi connectivity index (χ1v) is 6.03. The fraction of sp³-hybridized carbons (Fsp3) is 0.917. The number of nitrogens with one attached hydrogen (secondary N) is 1. The molecule has 0 saturated carbocycles. The monoisotopic (exact) mass is 214 g/mol. The zero-order valence-corrected chi connectivity index (χ0v) is 10.4. The van der Waals surface area contributed by atoms with Crippen molar-refractivity contribution >= 4 is 5.84 Å². The molecule has 3 heteroatoms. The van der Waals surface area contributed by atoms with Crippen molar-refractivity contribution in [1.29, 1.82) is 5.41 Å². The van der Waals surface area contributed by atoms with Crippen molar-refractivity contribution in [2.24, 2.45) is 11.7 Å². The molecule has 0 amide bonds. The van der Waals surface area contributed by atoms with Gasteiger partial charge in [-0.2, -0.15) is 0 Å². The highest BCUT2D eigenvalue weighted by Crippen LogP contribution is 2.09. The van der Waals surface area contributed by atoms with E-state index in [0.717, 1.165) is 6.42 Å². The van der Waals surface area contributed by atoms with Crippen LogP contribution in [0.25, 0.3) is 0 Å². The fourth-order valence-corrected chi connectivity index (χ4v) is 1.34. The molecule has 0 heterocycles. The quantitative estimate of drug-likeness (QED) is 0.352. The van der Waals surface area contributed by atoms with Crippen LogP contribution >= 0.6 is 0 Å². The first-order chi connectivity index (χ1) is 7.07. The van der Waals surface area contributed by atoms with Gasteiger partial charge in [0, 0.05) is 5.92 Å². The van der Waals surface area contributed by atoms with E-state index in [9.17, 15) is 0 Å². The third kappa shape index (κ3) is 8.43. The highest BCUT2D eigenvalue weighted by atomic mass is 16.5. The molecular formula is C12H26N2O. The maximum atomic E-state index is 7.24. The molecule has 0 spiro atoms. The Bertz CT molecular complexity index is 171. The minimum absolute atomic E-state index is 0.0445. The third-order valence-corrected chi connectivity index (χ3v) is 2.63. The molecular weight excluding hydrogens is 188 g/mol. The smallest absolute Gasteiger partial charge is 0.0957 e. The van der Waals surface area contributed by atoms with Crippen LogP contribution in [0, 0.1) is 11.3 Å². The van der Waals surface area contributed by atoms with E-state index >= 15 is 0 Å². The highest BCUT2D eigenvalue weighted by molar-refractivity contribution is 5.79. The van der Waals surface area contributed by atoms with E-state index in [-0.39, 0.29) is 11.8 Å². The maximum absolute atomic E-state index is 7.24. The molecule has 0 bridgehead atoms. The summed E-state index contributed by atoms with van der Waals surface area (Å²) in [6, 6.07) is 0. The number of ether oxygens (including phenoxy) is 1. The molecule has 2 unspecified atom stereocenters. The molecule has 0 aliphatic heterocycles. The molecule has 15 heavy (non-hydrogen) atoms. The standard InChI is InChI=1S/C12H26N2O/c1-4-5-6-7-8-11(3)15-9-10(2)12(13)14/h10-11H,4-9H2,1-3H3,(H3,13,14). The zero-order chi connectivity index (χ0) is 11.7. The van der Waals surface area contributed by atoms with Gasteiger partial charge in [0.2, 0.25) is 0 Å². The van der Waals surface area contributed by atoms with Crippen molar-refractivity contribution in [1.82, 2.24) is 0 Å². The van der Waals surface area contributed by atoms with E-state index in [1.54, 1.807) is 0 Å². The summed E-state index contributed by atoms with van der Waals surface area (Å²) >= 11 is 0. The minimum Gasteiger partial charge on any atom is -0.387 e. The lowest BCUT2D eigenvalue weighted by molar-refractivity contribution is 0.0486. The lowest BCUT2D eigenvalue weighted by Crippen LogP contribution is -2.25. The molecule has 0 radical (unpaired) electrons. The summed E-state index contributed by atoms with van der Waals surface area (Å²) < 4.78 is 5.62. The second-order valence-corrected chi connectivity index (χ2v) is 4.35. The van der Waals surface area contributed by atoms with Crippen LogP contribution < -0.4 is 5.73 Å². The first-order valence-electron chi connectivity index (χ1n) is 6.03. The van der Waals surface area contributed by atoms with Crippen molar-refractivity contribution in [2.75, 3.05) is 6.61 Å². The van der Waals surface area contributed by atoms with Crippen LogP contribution in [-0.2, 0) is 4.74 Å². The van der Waals surface area contributed by atoms with E-state index in [2.05, 4.69) is 13.8 Å². The number of rotatable bonds is 9. The number of unbranched alkanes of at least 4 members (excludes halogenated alkanes) is 3. The number of amidine groups is 1. The van der Waals surface area contributed by atoms with Gasteiger partial charge in [0.25, 0.3) is 0 Å². The zero-order valence-electron chi connectivity index (χ0n) is 10.4. The fourth-order valence-electron chi connectivity index (χ4n) is 1.34. The normalized spacial score (nSPS) is 14.9. The van der Waals surface area contributed by atoms with Crippen LogP contribution in [0.3, 0.4) is 0 Å². The van der Waals surface area contributed by atoms with Gasteiger partial charge in [-0.15, -0.1) is 0 Å². The Labute approximate surface area is 93.9 Å². The molecule has 0 saturated heterocycles. The molecule has 0 aromatic carbocycles. The first kappa shape index (κ1) is 14.4. The van der Waals surface area contributed by atoms with Gasteiger partial charge in [-0.05, 0) is 13.3 Å². The third-order valence-electron chi connectivity index (χ3n) is 2.63. The van der Waals surface area contributed by atoms with E-state index in [4.69, 9.17) is 15.9 Å². The molecule has 0 fully saturated rings. The topological polar surface area (TPSA) is 59.1 Å². The van der Waals surface area contributed by atoms with Crippen molar-refractivity contribution in [3.8, 4) is 0 Å². The van der Waals surface area contributed by atoms with Gasteiger partial charge in [-0.3, -0.25) is 5.41 Å². The molecule has 2 atom stereocenters. The van der Waals surface area contributed by atoms with Crippen molar-refractivity contribution in [2.45, 2.75) is 59.0 Å². The molecule has 3 nitrogen and oxygen atoms in total. The molecule has 3 N–H and O–H groups in total. The van der Waals surface area contributed by atoms with Gasteiger partial charge >= 0.3 is 0 Å². The average Bonchev–Trinajstić information content (AvgIpc) is 2.20. The second kappa shape index (κ2) is 8.72. The van der Waals surface area contributed by atoms with E-state index in [1.165, 1.54) is 25.7 Å². The van der Waals surface area contributed by atoms with E-state index in [0.29, 0.717) is 12.7 Å². The number of hydrogen-bond acceptors (Lipinski definition) is 2. The van der Waals surface area contributed by atoms with Crippen LogP contribution in [0.4, 0.5) is 0 Å². The highest BCUT2D eigenvalue weighted by Gasteiger charge is 2.08. The Hall–Kier alpha value is -0.570. The summed E-state index contributed by atoms with van der Waals surface area (Å²) in [7, 11) is 0. The van der Waals surface area contributed by atoms with Crippen LogP contribution in [0.1, 0.15) is 52.9 Å². The summed E-state index contributed by atoms with van der Waals surface area (Å²) in [5, 5.41) is 7.24. The average molecular weight is 214 g/mol. The summed E-state index contributed by atoms with van der Waals surface area (Å²) in [5.41, 5.74) is 5.37. The summed E-state index contributed by atoms with van der Waals surface area (Å²) in [6.45, 7) is 6.81. The number of hydrogen-bond donors (Lipinski definition) is 2. The Morgan fingerprint density at radius 1 is 1.27 bits per heavy atom. The van der Waals surface area contributed by atoms with Crippen LogP contribution in [-0.4, -0.2) is 18.5 Å². The largest absolute Gasteiger partial charge is 0.387 e. The second-order valence-electron chi connectivity index (χ2n) is 4.35. The van der Waals surface area contributed by atoms with Crippen molar-refractivity contribution in [3.63, 3.8) is 0 Å². The van der Waals surface area contributed by atoms with Crippen molar-refractivity contribution < 1.29 is 4.74 Å². The van der Waals surface area contributed by atoms with Crippen LogP contribution in [0.2, 0.25) is 0 Å². The molecule has 0 aliphatic carbocycles. The van der Waals surface area contributed by atoms with Gasteiger partial charge in [0.15, 0.2) is 0 Å². The van der Waals surface area contributed by atoms with Gasteiger partial charge in [0.05, 0.1) is 18.5 Å². The minimum atomic E-state index is 0.0445. The van der Waals surface area contributed by atoms with Crippen LogP contribution in [0.15, 0.2) is 0 Å². The Kier molecular flexibility index (Phi) is 8.38. The Morgan fingerprint density at radius 3 is 2.47 bits per heavy atom. The molecule has 0 aromatic rings. The van der Waals surface area contributed by atoms with Gasteiger partial charge in [0.1, 0.15) is 0 Å². The van der Waals surface area contributed by atoms with Gasteiger partial charge in [-0.1, -0.05) is 39.5 Å². The molecule has 0 aliphatic rings. The van der Waals surface area contributed by atoms with Gasteiger partial charge in [-0.25, -0.2) is 0 Å².